The summed E-state index contributed by atoms with van der Waals surface area (Å²) in [6, 6.07) is 14.3. The van der Waals surface area contributed by atoms with Gasteiger partial charge >= 0.3 is 6.03 Å². The van der Waals surface area contributed by atoms with Crippen LogP contribution in [0.3, 0.4) is 0 Å². The zero-order valence-electron chi connectivity index (χ0n) is 25.3. The van der Waals surface area contributed by atoms with Gasteiger partial charge in [0.1, 0.15) is 5.57 Å². The van der Waals surface area contributed by atoms with E-state index in [4.69, 9.17) is 18.9 Å². The number of urea groups is 1. The zero-order valence-corrected chi connectivity index (χ0v) is 25.3. The Bertz CT molecular complexity index is 1610. The van der Waals surface area contributed by atoms with E-state index in [9.17, 15) is 19.2 Å². The van der Waals surface area contributed by atoms with Crippen molar-refractivity contribution in [1.29, 1.82) is 0 Å². The number of amides is 5. The fraction of sp³-hybridized carbons (Fsp3) is 0.273. The van der Waals surface area contributed by atoms with Gasteiger partial charge in [-0.3, -0.25) is 19.7 Å². The number of aryl methyl sites for hydroxylation is 2. The normalized spacial score (nSPS) is 13.9. The third-order valence-corrected chi connectivity index (χ3v) is 6.57. The monoisotopic (exact) mass is 601 g/mol. The number of benzene rings is 3. The van der Waals surface area contributed by atoms with E-state index in [2.05, 4.69) is 10.6 Å². The summed E-state index contributed by atoms with van der Waals surface area (Å²) >= 11 is 0. The molecule has 230 valence electrons. The smallest absolute Gasteiger partial charge is 0.335 e. The Morgan fingerprint density at radius 2 is 1.64 bits per heavy atom. The fourth-order valence-corrected chi connectivity index (χ4v) is 4.39. The number of nitrogens with zero attached hydrogens (tertiary/aromatic N) is 1. The highest BCUT2D eigenvalue weighted by Gasteiger charge is 2.37. The van der Waals surface area contributed by atoms with Crippen LogP contribution in [0.25, 0.3) is 6.08 Å². The second kappa shape index (κ2) is 14.2. The number of carbonyl (C=O) groups is 4. The minimum Gasteiger partial charge on any atom is -0.493 e. The van der Waals surface area contributed by atoms with Crippen molar-refractivity contribution in [2.75, 3.05) is 37.1 Å². The maximum absolute atomic E-state index is 13.5. The summed E-state index contributed by atoms with van der Waals surface area (Å²) in [4.78, 5) is 52.4. The summed E-state index contributed by atoms with van der Waals surface area (Å²) in [5.41, 5.74) is 3.01. The van der Waals surface area contributed by atoms with Crippen LogP contribution in [-0.4, -0.2) is 50.7 Å². The molecule has 3 aromatic rings. The van der Waals surface area contributed by atoms with Crippen LogP contribution in [0.15, 0.2) is 60.2 Å². The number of hydrogen-bond acceptors (Lipinski definition) is 8. The van der Waals surface area contributed by atoms with Gasteiger partial charge in [-0.1, -0.05) is 25.1 Å². The molecule has 5 amide bonds. The van der Waals surface area contributed by atoms with Crippen molar-refractivity contribution < 1.29 is 38.1 Å². The highest BCUT2D eigenvalue weighted by Crippen LogP contribution is 2.34. The number of methoxy groups -OCH3 is 1. The number of hydrogen-bond donors (Lipinski definition) is 2. The molecule has 2 N–H and O–H groups in total. The van der Waals surface area contributed by atoms with Gasteiger partial charge in [0.05, 0.1) is 26.0 Å². The van der Waals surface area contributed by atoms with E-state index in [1.165, 1.54) is 19.3 Å². The molecule has 1 fully saturated rings. The van der Waals surface area contributed by atoms with Gasteiger partial charge < -0.3 is 24.3 Å². The lowest BCUT2D eigenvalue weighted by Crippen LogP contribution is -2.54. The van der Waals surface area contributed by atoms with Gasteiger partial charge in [-0.2, -0.15) is 0 Å². The summed E-state index contributed by atoms with van der Waals surface area (Å²) in [5, 5.41) is 5.05. The third-order valence-electron chi connectivity index (χ3n) is 6.57. The van der Waals surface area contributed by atoms with E-state index >= 15 is 0 Å². The van der Waals surface area contributed by atoms with Crippen molar-refractivity contribution in [2.45, 2.75) is 34.1 Å². The summed E-state index contributed by atoms with van der Waals surface area (Å²) in [6.07, 6.45) is 2.14. The van der Waals surface area contributed by atoms with Crippen LogP contribution in [0.1, 0.15) is 37.0 Å². The molecule has 1 heterocycles. The van der Waals surface area contributed by atoms with Crippen LogP contribution in [0, 0.1) is 13.8 Å². The molecule has 0 bridgehead atoms. The van der Waals surface area contributed by atoms with Crippen LogP contribution in [-0.2, 0) is 14.4 Å². The molecule has 11 nitrogen and oxygen atoms in total. The first-order valence-electron chi connectivity index (χ1n) is 14.1. The van der Waals surface area contributed by atoms with Crippen molar-refractivity contribution in [3.63, 3.8) is 0 Å². The molecule has 1 aliphatic heterocycles. The molecular weight excluding hydrogens is 566 g/mol. The van der Waals surface area contributed by atoms with Gasteiger partial charge in [0.2, 0.25) is 0 Å². The standard InChI is InChI=1S/C33H35N3O8/c1-6-14-43-27-13-11-23(18-29(27)42-7-2)36-32(39)24(31(38)35-33(36)40)16-22-10-12-26(28(17-22)41-5)44-19-30(37)34-25-15-20(3)8-9-21(25)4/h8-13,15-18H,6-7,14,19H2,1-5H3,(H,34,37)(H,35,38,40)/b24-16+. The third kappa shape index (κ3) is 7.35. The number of carbonyl (C=O) groups excluding carboxylic acids is 4. The van der Waals surface area contributed by atoms with Crippen LogP contribution < -0.4 is 34.5 Å². The van der Waals surface area contributed by atoms with Crippen molar-refractivity contribution in [3.05, 3.63) is 76.9 Å². The van der Waals surface area contributed by atoms with Crippen LogP contribution in [0.2, 0.25) is 0 Å². The molecule has 0 spiro atoms. The van der Waals surface area contributed by atoms with E-state index in [0.29, 0.717) is 36.0 Å². The largest absolute Gasteiger partial charge is 0.493 e. The van der Waals surface area contributed by atoms with Gasteiger partial charge in [0.15, 0.2) is 29.6 Å². The highest BCUT2D eigenvalue weighted by atomic mass is 16.5. The number of ether oxygens (including phenoxy) is 4. The number of imide groups is 2. The molecule has 0 aliphatic carbocycles. The second-order valence-electron chi connectivity index (χ2n) is 9.94. The summed E-state index contributed by atoms with van der Waals surface area (Å²) in [7, 11) is 1.43. The number of nitrogens with one attached hydrogen (secondary N) is 2. The van der Waals surface area contributed by atoms with Crippen molar-refractivity contribution >= 4 is 41.2 Å². The van der Waals surface area contributed by atoms with E-state index in [1.54, 1.807) is 37.3 Å². The minimum absolute atomic E-state index is 0.207. The molecule has 0 unspecified atom stereocenters. The molecule has 3 aromatic carbocycles. The summed E-state index contributed by atoms with van der Waals surface area (Å²) in [6.45, 7) is 8.15. The molecule has 1 saturated heterocycles. The van der Waals surface area contributed by atoms with Crippen LogP contribution in [0.5, 0.6) is 23.0 Å². The molecule has 0 radical (unpaired) electrons. The number of barbiturate groups is 1. The maximum atomic E-state index is 13.5. The van der Waals surface area contributed by atoms with Crippen molar-refractivity contribution in [2.24, 2.45) is 0 Å². The SMILES string of the molecule is CCCOc1ccc(N2C(=O)NC(=O)/C(=C\c3ccc(OCC(=O)Nc4cc(C)ccc4C)c(OC)c3)C2=O)cc1OCC. The Morgan fingerprint density at radius 3 is 2.36 bits per heavy atom. The van der Waals surface area contributed by atoms with Gasteiger partial charge in [-0.05, 0) is 80.3 Å². The Balaban J connectivity index is 1.53. The first kappa shape index (κ1) is 31.6. The average molecular weight is 602 g/mol. The Kier molecular flexibility index (Phi) is 10.2. The highest BCUT2D eigenvalue weighted by molar-refractivity contribution is 6.39. The molecule has 44 heavy (non-hydrogen) atoms. The Hall–Kier alpha value is -5.32. The molecule has 0 saturated carbocycles. The predicted molar refractivity (Wildman–Crippen MR) is 165 cm³/mol. The number of anilines is 2. The minimum atomic E-state index is -0.887. The first-order valence-corrected chi connectivity index (χ1v) is 14.1. The molecule has 1 aliphatic rings. The van der Waals surface area contributed by atoms with E-state index in [-0.39, 0.29) is 35.3 Å². The summed E-state index contributed by atoms with van der Waals surface area (Å²) < 4.78 is 22.5. The van der Waals surface area contributed by atoms with Crippen molar-refractivity contribution in [1.82, 2.24) is 5.32 Å². The lowest BCUT2D eigenvalue weighted by atomic mass is 10.1. The molecule has 0 aromatic heterocycles. The van der Waals surface area contributed by atoms with Gasteiger partial charge in [-0.15, -0.1) is 0 Å². The van der Waals surface area contributed by atoms with Gasteiger partial charge in [-0.25, -0.2) is 9.69 Å². The molecule has 11 heteroatoms. The fourth-order valence-electron chi connectivity index (χ4n) is 4.39. The Labute approximate surface area is 255 Å². The van der Waals surface area contributed by atoms with Crippen LogP contribution >= 0.6 is 0 Å². The predicted octanol–water partition coefficient (Wildman–Crippen LogP) is 5.18. The van der Waals surface area contributed by atoms with E-state index < -0.39 is 17.8 Å². The van der Waals surface area contributed by atoms with Crippen molar-refractivity contribution in [3.8, 4) is 23.0 Å². The summed E-state index contributed by atoms with van der Waals surface area (Å²) in [5.74, 6) is -0.595. The number of rotatable bonds is 12. The van der Waals surface area contributed by atoms with Crippen LogP contribution in [0.4, 0.5) is 16.2 Å². The maximum Gasteiger partial charge on any atom is 0.335 e. The second-order valence-corrected chi connectivity index (χ2v) is 9.94. The lowest BCUT2D eigenvalue weighted by molar-refractivity contribution is -0.122. The Morgan fingerprint density at radius 1 is 0.886 bits per heavy atom. The first-order chi connectivity index (χ1) is 21.1. The zero-order chi connectivity index (χ0) is 31.8. The average Bonchev–Trinajstić information content (AvgIpc) is 3.00. The quantitative estimate of drug-likeness (QED) is 0.214. The van der Waals surface area contributed by atoms with E-state index in [1.807, 2.05) is 39.0 Å². The van der Waals surface area contributed by atoms with Gasteiger partial charge in [0, 0.05) is 11.8 Å². The topological polar surface area (TPSA) is 132 Å². The molecule has 0 atom stereocenters. The molecule has 4 rings (SSSR count). The van der Waals surface area contributed by atoms with E-state index in [0.717, 1.165) is 22.4 Å². The molecular formula is C33H35N3O8. The van der Waals surface area contributed by atoms with Gasteiger partial charge in [0.25, 0.3) is 17.7 Å². The lowest BCUT2D eigenvalue weighted by Gasteiger charge is -2.27.